The van der Waals surface area contributed by atoms with E-state index in [1.54, 1.807) is 0 Å². The van der Waals surface area contributed by atoms with E-state index in [9.17, 15) is 4.79 Å². The van der Waals surface area contributed by atoms with E-state index in [2.05, 4.69) is 63.0 Å². The maximum absolute atomic E-state index is 12.4. The molecule has 1 saturated heterocycles. The normalized spacial score (nSPS) is 20.4. The molecule has 0 saturated carbocycles. The Morgan fingerprint density at radius 3 is 2.52 bits per heavy atom. The third kappa shape index (κ3) is 3.13. The highest BCUT2D eigenvalue weighted by atomic mass is 16.2. The van der Waals surface area contributed by atoms with Gasteiger partial charge < -0.3 is 4.90 Å². The van der Waals surface area contributed by atoms with Crippen LogP contribution in [0.2, 0.25) is 0 Å². The smallest absolute Gasteiger partial charge is 0.238 e. The highest BCUT2D eigenvalue weighted by Gasteiger charge is 2.37. The molecule has 21 heavy (non-hydrogen) atoms. The predicted octanol–water partition coefficient (Wildman–Crippen LogP) is 3.56. The molecule has 2 rings (SSSR count). The number of hydrogen-bond acceptors (Lipinski definition) is 2. The lowest BCUT2D eigenvalue weighted by Crippen LogP contribution is -2.42. The van der Waals surface area contributed by atoms with Crippen molar-refractivity contribution >= 4 is 5.91 Å². The largest absolute Gasteiger partial charge is 0.319 e. The van der Waals surface area contributed by atoms with E-state index in [0.717, 1.165) is 12.8 Å². The number of rotatable bonds is 5. The molecule has 1 aliphatic rings. The molecular formula is C18H28N2O. The lowest BCUT2D eigenvalue weighted by atomic mass is 9.93. The number of carbonyl (C=O) groups is 1. The first kappa shape index (κ1) is 16.0. The van der Waals surface area contributed by atoms with Gasteiger partial charge in [0.05, 0.1) is 6.54 Å². The molecule has 116 valence electrons. The second-order valence-electron chi connectivity index (χ2n) is 6.26. The summed E-state index contributed by atoms with van der Waals surface area (Å²) in [7, 11) is 0. The van der Waals surface area contributed by atoms with Crippen molar-refractivity contribution in [3.05, 3.63) is 34.9 Å². The van der Waals surface area contributed by atoms with Gasteiger partial charge in [-0.3, -0.25) is 10.1 Å². The number of amides is 1. The quantitative estimate of drug-likeness (QED) is 0.898. The fourth-order valence-electron chi connectivity index (χ4n) is 3.57. The van der Waals surface area contributed by atoms with Gasteiger partial charge in [-0.1, -0.05) is 50.5 Å². The minimum absolute atomic E-state index is 0.0219. The van der Waals surface area contributed by atoms with Crippen LogP contribution in [0.5, 0.6) is 0 Å². The maximum Gasteiger partial charge on any atom is 0.238 e. The van der Waals surface area contributed by atoms with Gasteiger partial charge in [-0.05, 0) is 37.8 Å². The summed E-state index contributed by atoms with van der Waals surface area (Å²) in [5.41, 5.74) is 3.74. The minimum Gasteiger partial charge on any atom is -0.319 e. The van der Waals surface area contributed by atoms with E-state index in [1.807, 2.05) is 0 Å². The molecule has 3 nitrogen and oxygen atoms in total. The zero-order valence-corrected chi connectivity index (χ0v) is 13.9. The number of benzene rings is 1. The fourth-order valence-corrected chi connectivity index (χ4v) is 3.57. The van der Waals surface area contributed by atoms with Crippen LogP contribution >= 0.6 is 0 Å². The highest BCUT2D eigenvalue weighted by Crippen LogP contribution is 2.31. The van der Waals surface area contributed by atoms with Crippen LogP contribution in [-0.4, -0.2) is 23.4 Å². The predicted molar refractivity (Wildman–Crippen MR) is 87.0 cm³/mol. The fraction of sp³-hybridized carbons (Fsp3) is 0.611. The van der Waals surface area contributed by atoms with Crippen LogP contribution in [-0.2, 0) is 4.79 Å². The van der Waals surface area contributed by atoms with E-state index in [-0.39, 0.29) is 18.1 Å². The van der Waals surface area contributed by atoms with Crippen LogP contribution in [0, 0.1) is 19.8 Å². The Kier molecular flexibility index (Phi) is 5.04. The van der Waals surface area contributed by atoms with Gasteiger partial charge in [-0.2, -0.15) is 0 Å². The number of hydrogen-bond donors (Lipinski definition) is 1. The molecule has 1 aliphatic heterocycles. The Hall–Kier alpha value is -1.35. The van der Waals surface area contributed by atoms with Crippen LogP contribution in [0.15, 0.2) is 18.2 Å². The number of nitrogens with zero attached hydrogens (tertiary/aromatic N) is 1. The molecule has 1 aromatic carbocycles. The van der Waals surface area contributed by atoms with Crippen LogP contribution in [0.4, 0.5) is 0 Å². The van der Waals surface area contributed by atoms with Crippen molar-refractivity contribution < 1.29 is 4.79 Å². The van der Waals surface area contributed by atoms with Gasteiger partial charge in [0.1, 0.15) is 6.17 Å². The van der Waals surface area contributed by atoms with E-state index in [4.69, 9.17) is 0 Å². The van der Waals surface area contributed by atoms with Crippen molar-refractivity contribution in [3.8, 4) is 0 Å². The van der Waals surface area contributed by atoms with Crippen molar-refractivity contribution in [1.82, 2.24) is 10.2 Å². The first-order valence-corrected chi connectivity index (χ1v) is 8.11. The van der Waals surface area contributed by atoms with Crippen molar-refractivity contribution in [2.45, 2.75) is 59.7 Å². The van der Waals surface area contributed by atoms with Crippen molar-refractivity contribution in [2.24, 2.45) is 5.92 Å². The average molecular weight is 288 g/mol. The van der Waals surface area contributed by atoms with Crippen LogP contribution < -0.4 is 5.32 Å². The first-order chi connectivity index (χ1) is 9.99. The summed E-state index contributed by atoms with van der Waals surface area (Å²) in [5.74, 6) is 0.779. The second-order valence-corrected chi connectivity index (χ2v) is 6.26. The standard InChI is InChI=1S/C18H28N2O/c1-6-15(7-2)14(5)20-17(21)11-19-18(20)16-9-8-12(3)10-13(16)4/h8-10,14-15,18-19H,6-7,11H2,1-5H3. The molecule has 1 heterocycles. The minimum atomic E-state index is 0.0219. The molecule has 1 amide bonds. The van der Waals surface area contributed by atoms with E-state index >= 15 is 0 Å². The second kappa shape index (κ2) is 6.61. The summed E-state index contributed by atoms with van der Waals surface area (Å²) in [6, 6.07) is 6.76. The third-order valence-electron chi connectivity index (χ3n) is 4.90. The van der Waals surface area contributed by atoms with Crippen molar-refractivity contribution in [3.63, 3.8) is 0 Å². The summed E-state index contributed by atoms with van der Waals surface area (Å²) >= 11 is 0. The van der Waals surface area contributed by atoms with E-state index in [0.29, 0.717) is 12.5 Å². The van der Waals surface area contributed by atoms with Gasteiger partial charge in [0, 0.05) is 6.04 Å². The van der Waals surface area contributed by atoms with Gasteiger partial charge in [-0.15, -0.1) is 0 Å². The molecule has 0 bridgehead atoms. The number of aryl methyl sites for hydroxylation is 2. The molecule has 0 aromatic heterocycles. The van der Waals surface area contributed by atoms with Crippen LogP contribution in [0.25, 0.3) is 0 Å². The molecule has 0 aliphatic carbocycles. The Morgan fingerprint density at radius 1 is 1.29 bits per heavy atom. The van der Waals surface area contributed by atoms with Gasteiger partial charge in [0.25, 0.3) is 0 Å². The molecule has 2 unspecified atom stereocenters. The topological polar surface area (TPSA) is 32.3 Å². The van der Waals surface area contributed by atoms with Gasteiger partial charge in [0.2, 0.25) is 5.91 Å². The van der Waals surface area contributed by atoms with Crippen molar-refractivity contribution in [2.75, 3.05) is 6.54 Å². The Balaban J connectivity index is 2.32. The number of carbonyl (C=O) groups excluding carboxylic acids is 1. The summed E-state index contributed by atoms with van der Waals surface area (Å²) < 4.78 is 0. The monoisotopic (exact) mass is 288 g/mol. The van der Waals surface area contributed by atoms with Crippen LogP contribution in [0.1, 0.15) is 56.5 Å². The number of nitrogens with one attached hydrogen (secondary N) is 1. The molecule has 0 spiro atoms. The Labute approximate surface area is 128 Å². The summed E-state index contributed by atoms with van der Waals surface area (Å²) in [6.45, 7) is 11.3. The highest BCUT2D eigenvalue weighted by molar-refractivity contribution is 5.81. The van der Waals surface area contributed by atoms with E-state index in [1.165, 1.54) is 16.7 Å². The average Bonchev–Trinajstić information content (AvgIpc) is 2.81. The molecule has 3 heteroatoms. The van der Waals surface area contributed by atoms with Gasteiger partial charge in [0.15, 0.2) is 0 Å². The molecular weight excluding hydrogens is 260 g/mol. The molecule has 2 atom stereocenters. The van der Waals surface area contributed by atoms with Crippen molar-refractivity contribution in [1.29, 1.82) is 0 Å². The summed E-state index contributed by atoms with van der Waals surface area (Å²) in [6.07, 6.45) is 2.25. The van der Waals surface area contributed by atoms with E-state index < -0.39 is 0 Å². The van der Waals surface area contributed by atoms with Crippen LogP contribution in [0.3, 0.4) is 0 Å². The van der Waals surface area contributed by atoms with Gasteiger partial charge in [-0.25, -0.2) is 0 Å². The lowest BCUT2D eigenvalue weighted by molar-refractivity contribution is -0.131. The molecule has 1 aromatic rings. The maximum atomic E-state index is 12.4. The zero-order chi connectivity index (χ0) is 15.6. The molecule has 0 radical (unpaired) electrons. The Bertz CT molecular complexity index is 508. The Morgan fingerprint density at radius 2 is 1.95 bits per heavy atom. The summed E-state index contributed by atoms with van der Waals surface area (Å²) in [4.78, 5) is 14.4. The summed E-state index contributed by atoms with van der Waals surface area (Å²) in [5, 5.41) is 3.39. The zero-order valence-electron chi connectivity index (χ0n) is 13.9. The third-order valence-corrected chi connectivity index (χ3v) is 4.90. The SMILES string of the molecule is CCC(CC)C(C)N1C(=O)CNC1c1ccc(C)cc1C. The molecule has 1 N–H and O–H groups in total. The first-order valence-electron chi connectivity index (χ1n) is 8.11. The molecule has 1 fully saturated rings. The lowest BCUT2D eigenvalue weighted by Gasteiger charge is -2.35. The van der Waals surface area contributed by atoms with Gasteiger partial charge >= 0.3 is 0 Å².